The van der Waals surface area contributed by atoms with Gasteiger partial charge in [-0.2, -0.15) is 0 Å². The predicted molar refractivity (Wildman–Crippen MR) is 69.3 cm³/mol. The van der Waals surface area contributed by atoms with Crippen LogP contribution in [-0.4, -0.2) is 51.7 Å². The number of nitrogens with one attached hydrogen (secondary N) is 1. The zero-order chi connectivity index (χ0) is 12.3. The van der Waals surface area contributed by atoms with Crippen molar-refractivity contribution in [1.29, 1.82) is 0 Å². The maximum atomic E-state index is 11.5. The molecule has 17 heavy (non-hydrogen) atoms. The average molecular weight is 258 g/mol. The Labute approximate surface area is 106 Å². The van der Waals surface area contributed by atoms with E-state index in [1.807, 2.05) is 4.90 Å². The molecule has 2 heterocycles. The van der Waals surface area contributed by atoms with Crippen LogP contribution in [0.3, 0.4) is 0 Å². The van der Waals surface area contributed by atoms with E-state index in [0.717, 1.165) is 50.3 Å². The van der Waals surface area contributed by atoms with Gasteiger partial charge in [0.1, 0.15) is 0 Å². The monoisotopic (exact) mass is 258 g/mol. The lowest BCUT2D eigenvalue weighted by Crippen LogP contribution is -2.46. The van der Waals surface area contributed by atoms with Gasteiger partial charge in [-0.1, -0.05) is 0 Å². The first-order valence-corrected chi connectivity index (χ1v) is 8.03. The zero-order valence-electron chi connectivity index (χ0n) is 10.5. The zero-order valence-corrected chi connectivity index (χ0v) is 11.3. The summed E-state index contributed by atoms with van der Waals surface area (Å²) in [6, 6.07) is 0.828. The van der Waals surface area contributed by atoms with E-state index in [1.165, 1.54) is 0 Å². The minimum absolute atomic E-state index is 0.295. The van der Waals surface area contributed by atoms with Gasteiger partial charge in [-0.15, -0.1) is 0 Å². The summed E-state index contributed by atoms with van der Waals surface area (Å²) >= 11 is 0. The normalized spacial score (nSPS) is 31.8. The molecule has 0 aromatic heterocycles. The molecule has 0 saturated carbocycles. The SMILES string of the molecule is CC(CN1CCCC1=O)NC1CCS(=O)CC1. The highest BCUT2D eigenvalue weighted by Gasteiger charge is 2.24. The summed E-state index contributed by atoms with van der Waals surface area (Å²) < 4.78 is 11.2. The Morgan fingerprint density at radius 1 is 1.47 bits per heavy atom. The molecule has 0 aromatic carbocycles. The van der Waals surface area contributed by atoms with Crippen molar-refractivity contribution < 1.29 is 9.00 Å². The maximum Gasteiger partial charge on any atom is 0.222 e. The maximum absolute atomic E-state index is 11.5. The molecular formula is C12H22N2O2S. The predicted octanol–water partition coefficient (Wildman–Crippen LogP) is 0.498. The molecule has 2 aliphatic heterocycles. The van der Waals surface area contributed by atoms with Crippen LogP contribution in [-0.2, 0) is 15.6 Å². The fourth-order valence-corrected chi connectivity index (χ4v) is 3.94. The Kier molecular flexibility index (Phi) is 4.56. The van der Waals surface area contributed by atoms with Crippen LogP contribution in [0.1, 0.15) is 32.6 Å². The lowest BCUT2D eigenvalue weighted by molar-refractivity contribution is -0.127. The van der Waals surface area contributed by atoms with Gasteiger partial charge in [0, 0.05) is 53.9 Å². The van der Waals surface area contributed by atoms with E-state index in [0.29, 0.717) is 18.0 Å². The Hall–Kier alpha value is -0.420. The summed E-state index contributed by atoms with van der Waals surface area (Å²) in [4.78, 5) is 13.5. The Bertz CT molecular complexity index is 299. The molecule has 4 nitrogen and oxygen atoms in total. The Balaban J connectivity index is 1.71. The average Bonchev–Trinajstić information content (AvgIpc) is 2.68. The molecule has 1 N–H and O–H groups in total. The van der Waals surface area contributed by atoms with Crippen LogP contribution in [0.25, 0.3) is 0 Å². The number of nitrogens with zero attached hydrogens (tertiary/aromatic N) is 1. The first kappa shape index (κ1) is 13.0. The lowest BCUT2D eigenvalue weighted by Gasteiger charge is -2.28. The van der Waals surface area contributed by atoms with Gasteiger partial charge >= 0.3 is 0 Å². The number of rotatable bonds is 4. The molecule has 1 unspecified atom stereocenters. The molecular weight excluding hydrogens is 236 g/mol. The van der Waals surface area contributed by atoms with Crippen molar-refractivity contribution in [1.82, 2.24) is 10.2 Å². The molecule has 1 amide bonds. The molecule has 0 spiro atoms. The number of hydrogen-bond donors (Lipinski definition) is 1. The molecule has 2 aliphatic rings. The summed E-state index contributed by atoms with van der Waals surface area (Å²) in [5.74, 6) is 1.95. The third kappa shape index (κ3) is 3.78. The topological polar surface area (TPSA) is 49.4 Å². The molecule has 0 aliphatic carbocycles. The molecule has 1 atom stereocenters. The van der Waals surface area contributed by atoms with Crippen LogP contribution in [0.5, 0.6) is 0 Å². The first-order valence-electron chi connectivity index (χ1n) is 6.54. The highest BCUT2D eigenvalue weighted by atomic mass is 32.2. The number of carbonyl (C=O) groups excluding carboxylic acids is 1. The van der Waals surface area contributed by atoms with Crippen molar-refractivity contribution in [3.05, 3.63) is 0 Å². The van der Waals surface area contributed by atoms with E-state index in [1.54, 1.807) is 0 Å². The molecule has 0 bridgehead atoms. The third-order valence-electron chi connectivity index (χ3n) is 3.57. The fourth-order valence-electron chi connectivity index (χ4n) is 2.64. The van der Waals surface area contributed by atoms with Gasteiger partial charge in [0.2, 0.25) is 5.91 Å². The number of carbonyl (C=O) groups is 1. The Morgan fingerprint density at radius 3 is 2.76 bits per heavy atom. The molecule has 2 rings (SSSR count). The highest BCUT2D eigenvalue weighted by Crippen LogP contribution is 2.12. The van der Waals surface area contributed by atoms with Crippen molar-refractivity contribution >= 4 is 16.7 Å². The van der Waals surface area contributed by atoms with Crippen LogP contribution in [0.4, 0.5) is 0 Å². The van der Waals surface area contributed by atoms with E-state index in [9.17, 15) is 9.00 Å². The standard InChI is InChI=1S/C12H22N2O2S/c1-10(9-14-6-2-3-12(14)15)13-11-4-7-17(16)8-5-11/h10-11,13H,2-9H2,1H3. The van der Waals surface area contributed by atoms with Crippen LogP contribution in [0, 0.1) is 0 Å². The number of amides is 1. The van der Waals surface area contributed by atoms with Crippen LogP contribution in [0.2, 0.25) is 0 Å². The van der Waals surface area contributed by atoms with E-state index < -0.39 is 10.8 Å². The number of likely N-dealkylation sites (tertiary alicyclic amines) is 1. The van der Waals surface area contributed by atoms with Gasteiger partial charge in [-0.25, -0.2) is 0 Å². The summed E-state index contributed by atoms with van der Waals surface area (Å²) in [6.45, 7) is 3.87. The molecule has 0 aromatic rings. The van der Waals surface area contributed by atoms with E-state index in [2.05, 4.69) is 12.2 Å². The second-order valence-electron chi connectivity index (χ2n) is 5.13. The molecule has 98 valence electrons. The van der Waals surface area contributed by atoms with Gasteiger partial charge in [-0.05, 0) is 26.2 Å². The van der Waals surface area contributed by atoms with Gasteiger partial charge in [0.25, 0.3) is 0 Å². The fraction of sp³-hybridized carbons (Fsp3) is 0.917. The van der Waals surface area contributed by atoms with Gasteiger partial charge in [0.15, 0.2) is 0 Å². The minimum atomic E-state index is -0.590. The van der Waals surface area contributed by atoms with Crippen LogP contribution < -0.4 is 5.32 Å². The van der Waals surface area contributed by atoms with Crippen molar-refractivity contribution in [2.75, 3.05) is 24.6 Å². The second-order valence-corrected chi connectivity index (χ2v) is 6.83. The van der Waals surface area contributed by atoms with Gasteiger partial charge < -0.3 is 10.2 Å². The van der Waals surface area contributed by atoms with E-state index in [4.69, 9.17) is 0 Å². The molecule has 5 heteroatoms. The van der Waals surface area contributed by atoms with Gasteiger partial charge in [0.05, 0.1) is 0 Å². The van der Waals surface area contributed by atoms with Crippen molar-refractivity contribution in [2.24, 2.45) is 0 Å². The Morgan fingerprint density at radius 2 is 2.18 bits per heavy atom. The quantitative estimate of drug-likeness (QED) is 0.799. The smallest absolute Gasteiger partial charge is 0.222 e. The number of hydrogen-bond acceptors (Lipinski definition) is 3. The molecule has 0 radical (unpaired) electrons. The van der Waals surface area contributed by atoms with Crippen molar-refractivity contribution in [3.63, 3.8) is 0 Å². The van der Waals surface area contributed by atoms with E-state index in [-0.39, 0.29) is 0 Å². The second kappa shape index (κ2) is 5.96. The summed E-state index contributed by atoms with van der Waals surface area (Å²) in [5.41, 5.74) is 0. The molecule has 2 fully saturated rings. The highest BCUT2D eigenvalue weighted by molar-refractivity contribution is 7.85. The first-order chi connectivity index (χ1) is 8.15. The lowest BCUT2D eigenvalue weighted by atomic mass is 10.1. The largest absolute Gasteiger partial charge is 0.341 e. The third-order valence-corrected chi connectivity index (χ3v) is 4.96. The summed E-state index contributed by atoms with van der Waals surface area (Å²) in [5, 5.41) is 3.56. The van der Waals surface area contributed by atoms with Crippen molar-refractivity contribution in [2.45, 2.75) is 44.7 Å². The van der Waals surface area contributed by atoms with Crippen LogP contribution >= 0.6 is 0 Å². The molecule has 2 saturated heterocycles. The summed E-state index contributed by atoms with van der Waals surface area (Å²) in [7, 11) is -0.590. The minimum Gasteiger partial charge on any atom is -0.341 e. The van der Waals surface area contributed by atoms with Crippen molar-refractivity contribution in [3.8, 4) is 0 Å². The van der Waals surface area contributed by atoms with Crippen LogP contribution in [0.15, 0.2) is 0 Å². The summed E-state index contributed by atoms with van der Waals surface area (Å²) in [6.07, 6.45) is 3.74. The van der Waals surface area contributed by atoms with Gasteiger partial charge in [-0.3, -0.25) is 9.00 Å². The van der Waals surface area contributed by atoms with E-state index >= 15 is 0 Å².